The van der Waals surface area contributed by atoms with Gasteiger partial charge in [-0.05, 0) is 63.9 Å². The third-order valence-corrected chi connectivity index (χ3v) is 8.11. The molecule has 2 saturated heterocycles. The molecule has 2 N–H and O–H groups in total. The summed E-state index contributed by atoms with van der Waals surface area (Å²) in [5.74, 6) is -1.72. The SMILES string of the molecule is C[C@@](O)(C(=O)Nc1ccc(S(=O)(=O)N2CCC(N3CCCC3)CC2)cc1Cl)C(F)(F)F. The molecule has 3 rings (SSSR count). The van der Waals surface area contributed by atoms with Crippen LogP contribution in [0.25, 0.3) is 0 Å². The van der Waals surface area contributed by atoms with Crippen molar-refractivity contribution in [2.45, 2.75) is 55.3 Å². The van der Waals surface area contributed by atoms with Gasteiger partial charge in [-0.1, -0.05) is 11.6 Å². The number of carbonyl (C=O) groups excluding carboxylic acids is 1. The van der Waals surface area contributed by atoms with Crippen LogP contribution >= 0.6 is 11.6 Å². The van der Waals surface area contributed by atoms with E-state index in [4.69, 9.17) is 11.6 Å². The summed E-state index contributed by atoms with van der Waals surface area (Å²) in [6, 6.07) is 3.74. The van der Waals surface area contributed by atoms with Crippen LogP contribution in [0.2, 0.25) is 5.02 Å². The zero-order chi connectivity index (χ0) is 23.0. The number of hydrogen-bond acceptors (Lipinski definition) is 5. The molecule has 0 aromatic heterocycles. The van der Waals surface area contributed by atoms with Crippen LogP contribution < -0.4 is 5.32 Å². The molecule has 12 heteroatoms. The molecule has 174 valence electrons. The maximum atomic E-state index is 13.0. The number of anilines is 1. The normalized spacial score (nSPS) is 21.7. The van der Waals surface area contributed by atoms with Crippen molar-refractivity contribution in [1.82, 2.24) is 9.21 Å². The van der Waals surface area contributed by atoms with Gasteiger partial charge in [-0.2, -0.15) is 17.5 Å². The Morgan fingerprint density at radius 3 is 2.26 bits per heavy atom. The van der Waals surface area contributed by atoms with Crippen molar-refractivity contribution < 1.29 is 31.5 Å². The van der Waals surface area contributed by atoms with Crippen molar-refractivity contribution in [3.05, 3.63) is 23.2 Å². The predicted molar refractivity (Wildman–Crippen MR) is 109 cm³/mol. The molecule has 0 bridgehead atoms. The van der Waals surface area contributed by atoms with Crippen LogP contribution in [-0.4, -0.2) is 72.6 Å². The standard InChI is InChI=1S/C19H25ClF3N3O4S/c1-18(28,19(21,22)23)17(27)24-16-5-4-14(12-15(16)20)31(29,30)26-10-6-13(7-11-26)25-8-2-3-9-25/h4-5,12-13,28H,2-3,6-11H2,1H3,(H,24,27)/t18-/m1/s1. The number of carbonyl (C=O) groups is 1. The summed E-state index contributed by atoms with van der Waals surface area (Å²) in [5, 5.41) is 11.1. The first-order valence-electron chi connectivity index (χ1n) is 9.98. The Kier molecular flexibility index (Phi) is 6.93. The van der Waals surface area contributed by atoms with E-state index in [1.54, 1.807) is 0 Å². The zero-order valence-electron chi connectivity index (χ0n) is 17.0. The molecular formula is C19H25ClF3N3O4S. The Bertz CT molecular complexity index is 926. The number of nitrogens with zero attached hydrogens (tertiary/aromatic N) is 2. The topological polar surface area (TPSA) is 89.9 Å². The van der Waals surface area contributed by atoms with Crippen molar-refractivity contribution in [3.8, 4) is 0 Å². The summed E-state index contributed by atoms with van der Waals surface area (Å²) in [7, 11) is -3.84. The Balaban J connectivity index is 1.69. The van der Waals surface area contributed by atoms with Gasteiger partial charge in [-0.15, -0.1) is 0 Å². The molecule has 0 unspecified atom stereocenters. The molecular weight excluding hydrogens is 459 g/mol. The second-order valence-electron chi connectivity index (χ2n) is 8.04. The highest BCUT2D eigenvalue weighted by Gasteiger charge is 2.55. The number of alkyl halides is 3. The Morgan fingerprint density at radius 1 is 1.16 bits per heavy atom. The van der Waals surface area contributed by atoms with Gasteiger partial charge in [-0.25, -0.2) is 8.42 Å². The first-order valence-corrected chi connectivity index (χ1v) is 11.8. The Hall–Kier alpha value is -1.40. The maximum absolute atomic E-state index is 13.0. The summed E-state index contributed by atoms with van der Waals surface area (Å²) in [6.45, 7) is 3.14. The third kappa shape index (κ3) is 5.00. The van der Waals surface area contributed by atoms with E-state index in [0.29, 0.717) is 26.1 Å². The lowest BCUT2D eigenvalue weighted by molar-refractivity contribution is -0.242. The van der Waals surface area contributed by atoms with E-state index in [1.807, 2.05) is 5.32 Å². The average Bonchev–Trinajstić information content (AvgIpc) is 3.23. The van der Waals surface area contributed by atoms with Crippen LogP contribution in [0.5, 0.6) is 0 Å². The number of rotatable bonds is 5. The summed E-state index contributed by atoms with van der Waals surface area (Å²) < 4.78 is 65.7. The molecule has 0 radical (unpaired) electrons. The highest BCUT2D eigenvalue weighted by molar-refractivity contribution is 7.89. The summed E-state index contributed by atoms with van der Waals surface area (Å²) >= 11 is 6.02. The predicted octanol–water partition coefficient (Wildman–Crippen LogP) is 2.84. The van der Waals surface area contributed by atoms with Crippen molar-refractivity contribution in [2.24, 2.45) is 0 Å². The number of nitrogens with one attached hydrogen (secondary N) is 1. The fraction of sp³-hybridized carbons (Fsp3) is 0.632. The van der Waals surface area contributed by atoms with E-state index in [0.717, 1.165) is 50.9 Å². The monoisotopic (exact) mass is 483 g/mol. The third-order valence-electron chi connectivity index (χ3n) is 5.90. The number of halogens is 4. The number of likely N-dealkylation sites (tertiary alicyclic amines) is 1. The number of benzene rings is 1. The minimum absolute atomic E-state index is 0.113. The first kappa shape index (κ1) is 24.2. The van der Waals surface area contributed by atoms with Gasteiger partial charge < -0.3 is 15.3 Å². The maximum Gasteiger partial charge on any atom is 0.426 e. The van der Waals surface area contributed by atoms with Crippen molar-refractivity contribution in [2.75, 3.05) is 31.5 Å². The van der Waals surface area contributed by atoms with Crippen LogP contribution in [0, 0.1) is 0 Å². The molecule has 2 aliphatic heterocycles. The minimum Gasteiger partial charge on any atom is -0.373 e. The van der Waals surface area contributed by atoms with E-state index < -0.39 is 27.7 Å². The van der Waals surface area contributed by atoms with E-state index >= 15 is 0 Å². The van der Waals surface area contributed by atoms with Gasteiger partial charge in [0.2, 0.25) is 15.6 Å². The van der Waals surface area contributed by atoms with Crippen molar-refractivity contribution >= 4 is 33.2 Å². The van der Waals surface area contributed by atoms with Gasteiger partial charge in [0.05, 0.1) is 15.6 Å². The Morgan fingerprint density at radius 2 is 1.74 bits per heavy atom. The molecule has 2 fully saturated rings. The second-order valence-corrected chi connectivity index (χ2v) is 10.4. The van der Waals surface area contributed by atoms with E-state index in [-0.39, 0.29) is 15.6 Å². The van der Waals surface area contributed by atoms with Crippen molar-refractivity contribution in [3.63, 3.8) is 0 Å². The lowest BCUT2D eigenvalue weighted by Crippen LogP contribution is -2.52. The fourth-order valence-electron chi connectivity index (χ4n) is 3.83. The number of hydrogen-bond donors (Lipinski definition) is 2. The molecule has 0 saturated carbocycles. The largest absolute Gasteiger partial charge is 0.426 e. The van der Waals surface area contributed by atoms with E-state index in [9.17, 15) is 31.5 Å². The molecule has 2 aliphatic rings. The quantitative estimate of drug-likeness (QED) is 0.672. The van der Waals surface area contributed by atoms with Gasteiger partial charge >= 0.3 is 6.18 Å². The molecule has 0 spiro atoms. The average molecular weight is 484 g/mol. The lowest BCUT2D eigenvalue weighted by Gasteiger charge is -2.36. The van der Waals surface area contributed by atoms with Crippen LogP contribution in [0.15, 0.2) is 23.1 Å². The van der Waals surface area contributed by atoms with Crippen LogP contribution in [-0.2, 0) is 14.8 Å². The van der Waals surface area contributed by atoms with Gasteiger partial charge in [-0.3, -0.25) is 4.79 Å². The fourth-order valence-corrected chi connectivity index (χ4v) is 5.62. The molecule has 1 atom stereocenters. The van der Waals surface area contributed by atoms with E-state index in [2.05, 4.69) is 4.90 Å². The summed E-state index contributed by atoms with van der Waals surface area (Å²) in [4.78, 5) is 14.1. The number of aliphatic hydroxyl groups is 1. The number of amides is 1. The lowest BCUT2D eigenvalue weighted by atomic mass is 10.1. The van der Waals surface area contributed by atoms with Gasteiger partial charge in [0, 0.05) is 19.1 Å². The van der Waals surface area contributed by atoms with Gasteiger partial charge in [0.15, 0.2) is 0 Å². The van der Waals surface area contributed by atoms with E-state index in [1.165, 1.54) is 10.4 Å². The molecule has 31 heavy (non-hydrogen) atoms. The minimum atomic E-state index is -5.19. The molecule has 7 nitrogen and oxygen atoms in total. The van der Waals surface area contributed by atoms with Crippen LogP contribution in [0.1, 0.15) is 32.6 Å². The Labute approximate surface area is 184 Å². The molecule has 0 aliphatic carbocycles. The molecule has 1 aromatic rings. The number of piperidine rings is 1. The number of sulfonamides is 1. The molecule has 1 aromatic carbocycles. The molecule has 1 amide bonds. The smallest absolute Gasteiger partial charge is 0.373 e. The first-order chi connectivity index (χ1) is 14.3. The summed E-state index contributed by atoms with van der Waals surface area (Å²) in [5.41, 5.74) is -3.86. The zero-order valence-corrected chi connectivity index (χ0v) is 18.5. The van der Waals surface area contributed by atoms with Crippen LogP contribution in [0.3, 0.4) is 0 Å². The highest BCUT2D eigenvalue weighted by Crippen LogP contribution is 2.33. The highest BCUT2D eigenvalue weighted by atomic mass is 35.5. The summed E-state index contributed by atoms with van der Waals surface area (Å²) in [6.07, 6.45) is -1.40. The second kappa shape index (κ2) is 8.86. The molecule has 2 heterocycles. The van der Waals surface area contributed by atoms with Crippen LogP contribution in [0.4, 0.5) is 18.9 Å². The van der Waals surface area contributed by atoms with Gasteiger partial charge in [0.1, 0.15) is 0 Å². The van der Waals surface area contributed by atoms with Gasteiger partial charge in [0.25, 0.3) is 5.91 Å². The van der Waals surface area contributed by atoms with Crippen molar-refractivity contribution in [1.29, 1.82) is 0 Å².